The molecule has 0 radical (unpaired) electrons. The highest BCUT2D eigenvalue weighted by molar-refractivity contribution is 4.90. The number of hydrogen-bond acceptors (Lipinski definition) is 6. The first-order chi connectivity index (χ1) is 8.61. The smallest absolute Gasteiger partial charge is 0.184 e. The number of hydrogen-bond donors (Lipinski definition) is 3. The standard InChI is InChI=1S/C12H20O6/c1-3-5-16-7-8-9(13)11(17-6-4-2)10(14)12(15)18-8/h3-4,8-15H,1-2,5-7H2/t8-,9-,10-,11+,12+/m1/s1. The van der Waals surface area contributed by atoms with Crippen molar-refractivity contribution in [3.8, 4) is 0 Å². The van der Waals surface area contributed by atoms with Crippen LogP contribution in [0.3, 0.4) is 0 Å². The first kappa shape index (κ1) is 15.3. The van der Waals surface area contributed by atoms with Gasteiger partial charge < -0.3 is 29.5 Å². The van der Waals surface area contributed by atoms with Crippen LogP contribution in [0.4, 0.5) is 0 Å². The zero-order chi connectivity index (χ0) is 13.5. The van der Waals surface area contributed by atoms with Crippen LogP contribution in [0.15, 0.2) is 25.3 Å². The van der Waals surface area contributed by atoms with Gasteiger partial charge in [-0.05, 0) is 0 Å². The van der Waals surface area contributed by atoms with Gasteiger partial charge in [-0.25, -0.2) is 0 Å². The lowest BCUT2D eigenvalue weighted by Crippen LogP contribution is -2.59. The molecular formula is C12H20O6. The fourth-order valence-electron chi connectivity index (χ4n) is 1.70. The largest absolute Gasteiger partial charge is 0.387 e. The Labute approximate surface area is 106 Å². The average molecular weight is 260 g/mol. The predicted octanol–water partition coefficient (Wildman–Crippen LogP) is -0.801. The van der Waals surface area contributed by atoms with Gasteiger partial charge in [-0.2, -0.15) is 0 Å². The Hall–Kier alpha value is -0.760. The number of ether oxygens (including phenoxy) is 3. The molecule has 104 valence electrons. The van der Waals surface area contributed by atoms with Crippen molar-refractivity contribution in [1.29, 1.82) is 0 Å². The molecule has 1 saturated heterocycles. The molecule has 0 aromatic carbocycles. The number of aliphatic hydroxyl groups excluding tert-OH is 3. The van der Waals surface area contributed by atoms with Gasteiger partial charge in [0, 0.05) is 0 Å². The lowest BCUT2D eigenvalue weighted by molar-refractivity contribution is -0.294. The van der Waals surface area contributed by atoms with Crippen molar-refractivity contribution in [3.05, 3.63) is 25.3 Å². The molecule has 3 N–H and O–H groups in total. The van der Waals surface area contributed by atoms with Crippen molar-refractivity contribution in [2.24, 2.45) is 0 Å². The Kier molecular flexibility index (Phi) is 6.48. The van der Waals surface area contributed by atoms with Crippen molar-refractivity contribution in [3.63, 3.8) is 0 Å². The van der Waals surface area contributed by atoms with E-state index in [1.165, 1.54) is 6.08 Å². The number of rotatable bonds is 7. The van der Waals surface area contributed by atoms with Gasteiger partial charge in [0.05, 0.1) is 19.8 Å². The van der Waals surface area contributed by atoms with Crippen LogP contribution in [-0.2, 0) is 14.2 Å². The first-order valence-corrected chi connectivity index (χ1v) is 5.72. The maximum absolute atomic E-state index is 9.98. The van der Waals surface area contributed by atoms with E-state index in [0.29, 0.717) is 6.61 Å². The molecule has 1 fully saturated rings. The molecule has 6 nitrogen and oxygen atoms in total. The summed E-state index contributed by atoms with van der Waals surface area (Å²) in [4.78, 5) is 0. The highest BCUT2D eigenvalue weighted by Crippen LogP contribution is 2.22. The van der Waals surface area contributed by atoms with E-state index in [1.807, 2.05) is 0 Å². The predicted molar refractivity (Wildman–Crippen MR) is 63.8 cm³/mol. The molecule has 0 bridgehead atoms. The minimum absolute atomic E-state index is 0.0743. The highest BCUT2D eigenvalue weighted by atomic mass is 16.7. The van der Waals surface area contributed by atoms with Crippen LogP contribution in [-0.4, -0.2) is 65.8 Å². The third-order valence-corrected chi connectivity index (χ3v) is 2.58. The van der Waals surface area contributed by atoms with E-state index >= 15 is 0 Å². The Morgan fingerprint density at radius 2 is 1.72 bits per heavy atom. The molecule has 0 spiro atoms. The molecule has 5 atom stereocenters. The zero-order valence-corrected chi connectivity index (χ0v) is 10.1. The van der Waals surface area contributed by atoms with E-state index < -0.39 is 30.7 Å². The summed E-state index contributed by atoms with van der Waals surface area (Å²) in [5.74, 6) is 0. The molecule has 1 heterocycles. The van der Waals surface area contributed by atoms with Gasteiger partial charge in [0.15, 0.2) is 6.29 Å². The van der Waals surface area contributed by atoms with E-state index in [-0.39, 0.29) is 13.2 Å². The SMILES string of the molecule is C=CCOC[C@H]1O[C@H](O)[C@H](O)[C@@H](OCC=C)[C@@H]1O. The minimum atomic E-state index is -1.42. The third kappa shape index (κ3) is 3.88. The zero-order valence-electron chi connectivity index (χ0n) is 10.1. The van der Waals surface area contributed by atoms with Crippen LogP contribution in [0, 0.1) is 0 Å². The van der Waals surface area contributed by atoms with Crippen molar-refractivity contribution in [2.75, 3.05) is 19.8 Å². The Morgan fingerprint density at radius 1 is 1.06 bits per heavy atom. The third-order valence-electron chi connectivity index (χ3n) is 2.58. The molecule has 6 heteroatoms. The number of aliphatic hydroxyl groups is 3. The summed E-state index contributed by atoms with van der Waals surface area (Å²) in [5, 5.41) is 29.2. The van der Waals surface area contributed by atoms with Gasteiger partial charge in [0.2, 0.25) is 0 Å². The van der Waals surface area contributed by atoms with Crippen LogP contribution in [0.2, 0.25) is 0 Å². The van der Waals surface area contributed by atoms with Gasteiger partial charge >= 0.3 is 0 Å². The van der Waals surface area contributed by atoms with E-state index in [0.717, 1.165) is 0 Å². The molecule has 1 aliphatic heterocycles. The van der Waals surface area contributed by atoms with Gasteiger partial charge in [-0.1, -0.05) is 12.2 Å². The molecule has 0 aliphatic carbocycles. The first-order valence-electron chi connectivity index (χ1n) is 5.72. The van der Waals surface area contributed by atoms with Crippen LogP contribution in [0.5, 0.6) is 0 Å². The normalized spacial score (nSPS) is 36.3. The second kappa shape index (κ2) is 7.63. The van der Waals surface area contributed by atoms with Crippen LogP contribution >= 0.6 is 0 Å². The molecule has 0 saturated carbocycles. The summed E-state index contributed by atoms with van der Waals surface area (Å²) in [6.07, 6.45) is -2.47. The lowest BCUT2D eigenvalue weighted by Gasteiger charge is -2.40. The molecule has 0 amide bonds. The quantitative estimate of drug-likeness (QED) is 0.410. The van der Waals surface area contributed by atoms with E-state index in [1.54, 1.807) is 6.08 Å². The maximum atomic E-state index is 9.98. The van der Waals surface area contributed by atoms with Crippen molar-refractivity contribution >= 4 is 0 Å². The molecule has 1 aliphatic rings. The van der Waals surface area contributed by atoms with Gasteiger partial charge in [-0.15, -0.1) is 13.2 Å². The van der Waals surface area contributed by atoms with Gasteiger partial charge in [-0.3, -0.25) is 0 Å². The molecule has 0 aromatic heterocycles. The lowest BCUT2D eigenvalue weighted by atomic mass is 9.99. The van der Waals surface area contributed by atoms with Crippen LogP contribution < -0.4 is 0 Å². The highest BCUT2D eigenvalue weighted by Gasteiger charge is 2.44. The molecule has 1 rings (SSSR count). The van der Waals surface area contributed by atoms with Gasteiger partial charge in [0.1, 0.15) is 24.4 Å². The van der Waals surface area contributed by atoms with Crippen molar-refractivity contribution < 1.29 is 29.5 Å². The fourth-order valence-corrected chi connectivity index (χ4v) is 1.70. The van der Waals surface area contributed by atoms with Crippen molar-refractivity contribution in [1.82, 2.24) is 0 Å². The second-order valence-corrected chi connectivity index (χ2v) is 3.96. The molecule has 18 heavy (non-hydrogen) atoms. The topological polar surface area (TPSA) is 88.4 Å². The minimum Gasteiger partial charge on any atom is -0.387 e. The Morgan fingerprint density at radius 3 is 2.33 bits per heavy atom. The summed E-state index contributed by atoms with van der Waals surface area (Å²) in [7, 11) is 0. The summed E-state index contributed by atoms with van der Waals surface area (Å²) in [6, 6.07) is 0. The summed E-state index contributed by atoms with van der Waals surface area (Å²) >= 11 is 0. The van der Waals surface area contributed by atoms with E-state index in [2.05, 4.69) is 13.2 Å². The van der Waals surface area contributed by atoms with E-state index in [4.69, 9.17) is 14.2 Å². The van der Waals surface area contributed by atoms with Crippen LogP contribution in [0.1, 0.15) is 0 Å². The maximum Gasteiger partial charge on any atom is 0.184 e. The Balaban J connectivity index is 2.58. The monoisotopic (exact) mass is 260 g/mol. The fraction of sp³-hybridized carbons (Fsp3) is 0.667. The van der Waals surface area contributed by atoms with Crippen molar-refractivity contribution in [2.45, 2.75) is 30.7 Å². The average Bonchev–Trinajstić information content (AvgIpc) is 2.36. The molecule has 0 unspecified atom stereocenters. The second-order valence-electron chi connectivity index (χ2n) is 3.96. The van der Waals surface area contributed by atoms with Gasteiger partial charge in [0.25, 0.3) is 0 Å². The Bertz CT molecular complexity index is 269. The molecule has 0 aromatic rings. The summed E-state index contributed by atoms with van der Waals surface area (Å²) in [5.41, 5.74) is 0. The van der Waals surface area contributed by atoms with Crippen LogP contribution in [0.25, 0.3) is 0 Å². The summed E-state index contributed by atoms with van der Waals surface area (Å²) in [6.45, 7) is 7.51. The molecular weight excluding hydrogens is 240 g/mol. The van der Waals surface area contributed by atoms with E-state index in [9.17, 15) is 15.3 Å². The summed E-state index contributed by atoms with van der Waals surface area (Å²) < 4.78 is 15.4.